The molecule has 0 heterocycles. The molecule has 0 saturated heterocycles. The van der Waals surface area contributed by atoms with Crippen LogP contribution in [0.25, 0.3) is 0 Å². The molecule has 2 aliphatic rings. The molecule has 1 fully saturated rings. The monoisotopic (exact) mass is 422 g/mol. The molecule has 5 atom stereocenters. The molecule has 0 aromatic carbocycles. The number of esters is 2. The number of allylic oxidation sites excluding steroid dienone is 2. The molecule has 0 aromatic rings. The van der Waals surface area contributed by atoms with Gasteiger partial charge < -0.3 is 14.6 Å². The predicted octanol–water partition coefficient (Wildman–Crippen LogP) is 5.06. The van der Waals surface area contributed by atoms with Gasteiger partial charge in [0.05, 0.1) is 6.61 Å². The van der Waals surface area contributed by atoms with Gasteiger partial charge in [0.15, 0.2) is 6.10 Å². The van der Waals surface area contributed by atoms with E-state index < -0.39 is 12.1 Å². The lowest BCUT2D eigenvalue weighted by Gasteiger charge is -2.53. The minimum absolute atomic E-state index is 0.0972. The molecule has 5 heteroatoms. The zero-order valence-electron chi connectivity index (χ0n) is 19.8. The second-order valence-electron chi connectivity index (χ2n) is 10.6. The fourth-order valence-electron chi connectivity index (χ4n) is 5.46. The lowest BCUT2D eigenvalue weighted by Crippen LogP contribution is -2.43. The molecule has 0 bridgehead atoms. The molecule has 30 heavy (non-hydrogen) atoms. The van der Waals surface area contributed by atoms with E-state index in [0.29, 0.717) is 23.7 Å². The van der Waals surface area contributed by atoms with Crippen molar-refractivity contribution in [2.45, 2.75) is 92.6 Å². The Morgan fingerprint density at radius 3 is 2.60 bits per heavy atom. The Labute approximate surface area is 182 Å². The molecule has 5 unspecified atom stereocenters. The summed E-state index contributed by atoms with van der Waals surface area (Å²) in [5.41, 5.74) is 2.25. The summed E-state index contributed by atoms with van der Waals surface area (Å²) in [4.78, 5) is 23.2. The topological polar surface area (TPSA) is 72.8 Å². The maximum Gasteiger partial charge on any atom is 0.306 e. The highest BCUT2D eigenvalue weighted by molar-refractivity contribution is 5.69. The van der Waals surface area contributed by atoms with Crippen molar-refractivity contribution in [2.24, 2.45) is 28.6 Å². The first-order valence-electron chi connectivity index (χ1n) is 11.6. The summed E-state index contributed by atoms with van der Waals surface area (Å²) in [5, 5.41) is 9.21. The van der Waals surface area contributed by atoms with Crippen LogP contribution >= 0.6 is 0 Å². The third-order valence-electron chi connectivity index (χ3n) is 7.75. The van der Waals surface area contributed by atoms with Gasteiger partial charge in [-0.3, -0.25) is 9.59 Å². The minimum Gasteiger partial charge on any atom is -0.462 e. The minimum atomic E-state index is -0.790. The highest BCUT2D eigenvalue weighted by atomic mass is 16.6. The first-order chi connectivity index (χ1) is 14.0. The number of hydrogen-bond donors (Lipinski definition) is 1. The van der Waals surface area contributed by atoms with E-state index in [4.69, 9.17) is 9.47 Å². The van der Waals surface area contributed by atoms with Crippen molar-refractivity contribution in [3.05, 3.63) is 11.6 Å². The fourth-order valence-corrected chi connectivity index (χ4v) is 5.46. The molecular weight excluding hydrogens is 380 g/mol. The van der Waals surface area contributed by atoms with E-state index in [1.807, 2.05) is 0 Å². The zero-order chi connectivity index (χ0) is 22.5. The van der Waals surface area contributed by atoms with Gasteiger partial charge in [0.2, 0.25) is 0 Å². The second kappa shape index (κ2) is 10.3. The molecule has 172 valence electrons. The van der Waals surface area contributed by atoms with E-state index >= 15 is 0 Å². The lowest BCUT2D eigenvalue weighted by molar-refractivity contribution is -0.160. The number of rotatable bonds is 9. The van der Waals surface area contributed by atoms with E-state index in [1.54, 1.807) is 5.57 Å². The number of hydrogen-bond acceptors (Lipinski definition) is 5. The maximum absolute atomic E-state index is 12.2. The van der Waals surface area contributed by atoms with Gasteiger partial charge in [-0.1, -0.05) is 46.3 Å². The van der Waals surface area contributed by atoms with Gasteiger partial charge in [0.25, 0.3) is 0 Å². The Hall–Kier alpha value is -1.36. The van der Waals surface area contributed by atoms with Crippen molar-refractivity contribution >= 4 is 11.9 Å². The Bertz CT molecular complexity index is 637. The van der Waals surface area contributed by atoms with Crippen LogP contribution in [-0.2, 0) is 19.1 Å². The first-order valence-corrected chi connectivity index (χ1v) is 11.6. The van der Waals surface area contributed by atoms with E-state index in [0.717, 1.165) is 12.8 Å². The smallest absolute Gasteiger partial charge is 0.306 e. The van der Waals surface area contributed by atoms with Gasteiger partial charge in [-0.15, -0.1) is 0 Å². The first kappa shape index (κ1) is 24.9. The van der Waals surface area contributed by atoms with Crippen molar-refractivity contribution in [3.63, 3.8) is 0 Å². The standard InChI is InChI=1S/C25H42O5/c1-17(14-23(28)29-16-20(15-26)30-19(3)27)11-13-25(6)18(2)9-10-21-22(25)8-7-12-24(21,4)5/h8,17-18,20-21,26H,7,9-16H2,1-6H3. The molecule has 2 rings (SSSR count). The zero-order valence-corrected chi connectivity index (χ0v) is 19.8. The van der Waals surface area contributed by atoms with Gasteiger partial charge in [-0.05, 0) is 67.1 Å². The predicted molar refractivity (Wildman–Crippen MR) is 118 cm³/mol. The number of carbonyl (C=O) groups is 2. The molecule has 0 spiro atoms. The molecule has 5 nitrogen and oxygen atoms in total. The fraction of sp³-hybridized carbons (Fsp3) is 0.840. The van der Waals surface area contributed by atoms with Gasteiger partial charge in [0, 0.05) is 13.3 Å². The summed E-state index contributed by atoms with van der Waals surface area (Å²) in [5.74, 6) is 0.768. The summed E-state index contributed by atoms with van der Waals surface area (Å²) < 4.78 is 10.1. The van der Waals surface area contributed by atoms with Crippen LogP contribution in [0.15, 0.2) is 11.6 Å². The number of ether oxygens (including phenoxy) is 2. The molecule has 1 saturated carbocycles. The van der Waals surface area contributed by atoms with Crippen LogP contribution in [0, 0.1) is 28.6 Å². The number of fused-ring (bicyclic) bond motifs is 1. The van der Waals surface area contributed by atoms with Gasteiger partial charge in [-0.2, -0.15) is 0 Å². The summed E-state index contributed by atoms with van der Waals surface area (Å²) in [6.45, 7) is 12.6. The quantitative estimate of drug-likeness (QED) is 0.415. The van der Waals surface area contributed by atoms with E-state index in [-0.39, 0.29) is 30.5 Å². The largest absolute Gasteiger partial charge is 0.462 e. The molecule has 0 radical (unpaired) electrons. The third-order valence-corrected chi connectivity index (χ3v) is 7.75. The van der Waals surface area contributed by atoms with Crippen LogP contribution in [0.1, 0.15) is 86.5 Å². The van der Waals surface area contributed by atoms with Crippen molar-refractivity contribution < 1.29 is 24.2 Å². The normalized spacial score (nSPS) is 29.9. The Morgan fingerprint density at radius 1 is 1.27 bits per heavy atom. The third kappa shape index (κ3) is 6.09. The number of aliphatic hydroxyl groups excluding tert-OH is 1. The van der Waals surface area contributed by atoms with Crippen LogP contribution in [0.5, 0.6) is 0 Å². The Kier molecular flexibility index (Phi) is 8.55. The van der Waals surface area contributed by atoms with Crippen molar-refractivity contribution in [1.29, 1.82) is 0 Å². The number of aliphatic hydroxyl groups is 1. The van der Waals surface area contributed by atoms with Gasteiger partial charge in [-0.25, -0.2) is 0 Å². The second-order valence-corrected chi connectivity index (χ2v) is 10.6. The lowest BCUT2D eigenvalue weighted by atomic mass is 9.52. The molecule has 1 N–H and O–H groups in total. The summed E-state index contributed by atoms with van der Waals surface area (Å²) in [6, 6.07) is 0. The molecule has 0 aromatic heterocycles. The van der Waals surface area contributed by atoms with Gasteiger partial charge in [0.1, 0.15) is 6.61 Å². The Balaban J connectivity index is 1.89. The van der Waals surface area contributed by atoms with Crippen LogP contribution in [0.2, 0.25) is 0 Å². The summed E-state index contributed by atoms with van der Waals surface area (Å²) in [6.07, 6.45) is 9.17. The van der Waals surface area contributed by atoms with Crippen molar-refractivity contribution in [1.82, 2.24) is 0 Å². The Morgan fingerprint density at radius 2 is 1.97 bits per heavy atom. The molecule has 0 aliphatic heterocycles. The number of carbonyl (C=O) groups excluding carboxylic acids is 2. The van der Waals surface area contributed by atoms with Crippen LogP contribution in [0.3, 0.4) is 0 Å². The summed E-state index contributed by atoms with van der Waals surface area (Å²) >= 11 is 0. The van der Waals surface area contributed by atoms with E-state index in [9.17, 15) is 14.7 Å². The van der Waals surface area contributed by atoms with Crippen LogP contribution in [0.4, 0.5) is 0 Å². The van der Waals surface area contributed by atoms with Crippen molar-refractivity contribution in [3.8, 4) is 0 Å². The molecule has 2 aliphatic carbocycles. The van der Waals surface area contributed by atoms with Crippen LogP contribution < -0.4 is 0 Å². The SMILES string of the molecule is CC(=O)OC(CO)COC(=O)CC(C)CCC1(C)C2=CCCC(C)(C)C2CCC1C. The van der Waals surface area contributed by atoms with E-state index in [1.165, 1.54) is 32.6 Å². The molecular formula is C25H42O5. The van der Waals surface area contributed by atoms with Gasteiger partial charge >= 0.3 is 11.9 Å². The van der Waals surface area contributed by atoms with E-state index in [2.05, 4.69) is 40.7 Å². The average Bonchev–Trinajstić information content (AvgIpc) is 2.66. The molecule has 0 amide bonds. The average molecular weight is 423 g/mol. The highest BCUT2D eigenvalue weighted by Crippen LogP contribution is 2.58. The highest BCUT2D eigenvalue weighted by Gasteiger charge is 2.47. The summed E-state index contributed by atoms with van der Waals surface area (Å²) in [7, 11) is 0. The van der Waals surface area contributed by atoms with Crippen LogP contribution in [-0.4, -0.2) is 36.4 Å². The van der Waals surface area contributed by atoms with Crippen molar-refractivity contribution in [2.75, 3.05) is 13.2 Å². The maximum atomic E-state index is 12.2.